The summed E-state index contributed by atoms with van der Waals surface area (Å²) in [5.41, 5.74) is 1.46. The Balaban J connectivity index is 1.99. The summed E-state index contributed by atoms with van der Waals surface area (Å²) in [7, 11) is -3.77. The van der Waals surface area contributed by atoms with Crippen molar-refractivity contribution in [3.8, 4) is 5.75 Å². The van der Waals surface area contributed by atoms with Gasteiger partial charge in [-0.15, -0.1) is 0 Å². The molecule has 0 bridgehead atoms. The summed E-state index contributed by atoms with van der Waals surface area (Å²) >= 11 is 0. The van der Waals surface area contributed by atoms with Crippen molar-refractivity contribution in [1.82, 2.24) is 0 Å². The summed E-state index contributed by atoms with van der Waals surface area (Å²) < 4.78 is 0. The van der Waals surface area contributed by atoms with Gasteiger partial charge in [0, 0.05) is 6.42 Å². The van der Waals surface area contributed by atoms with Gasteiger partial charge in [0.25, 0.3) is 0 Å². The van der Waals surface area contributed by atoms with E-state index in [1.54, 1.807) is 12.1 Å². The maximum Gasteiger partial charge on any atom is 0.314 e. The summed E-state index contributed by atoms with van der Waals surface area (Å²) in [6.07, 6.45) is 0.413. The fraction of sp³-hybridized carbons (Fsp3) is 0.263. The van der Waals surface area contributed by atoms with Crippen LogP contribution in [0.5, 0.6) is 5.75 Å². The standard InChI is InChI=1S/C19H22NO5P/c20-18(11-8-14-4-2-1-3-5-14)26(24,25)13-16(19(22)23)12-15-6-9-17(21)10-7-15/h1-7,9-10,16,20,24-25H,8,11-13H2,(H-,21,22,23)/p+1. The van der Waals surface area contributed by atoms with E-state index in [1.165, 1.54) is 12.1 Å². The first kappa shape index (κ1) is 20.0. The Bertz CT molecular complexity index is 746. The molecule has 138 valence electrons. The van der Waals surface area contributed by atoms with Gasteiger partial charge in [-0.2, -0.15) is 0 Å². The average molecular weight is 376 g/mol. The summed E-state index contributed by atoms with van der Waals surface area (Å²) in [4.78, 5) is 32.2. The van der Waals surface area contributed by atoms with Gasteiger partial charge in [-0.3, -0.25) is 10.2 Å². The Labute approximate surface area is 152 Å². The van der Waals surface area contributed by atoms with Crippen molar-refractivity contribution in [1.29, 1.82) is 5.41 Å². The topological polar surface area (TPSA) is 122 Å². The third kappa shape index (κ3) is 5.92. The zero-order valence-corrected chi connectivity index (χ0v) is 15.1. The van der Waals surface area contributed by atoms with Crippen LogP contribution in [0.25, 0.3) is 0 Å². The van der Waals surface area contributed by atoms with Gasteiger partial charge in [0.05, 0.1) is 5.92 Å². The fourth-order valence-electron chi connectivity index (χ4n) is 2.65. The number of aryl methyl sites for hydroxylation is 1. The second kappa shape index (κ2) is 8.90. The quantitative estimate of drug-likeness (QED) is 0.340. The maximum atomic E-state index is 11.5. The molecule has 0 saturated carbocycles. The average Bonchev–Trinajstić information content (AvgIpc) is 2.61. The van der Waals surface area contributed by atoms with E-state index < -0.39 is 19.6 Å². The predicted molar refractivity (Wildman–Crippen MR) is 102 cm³/mol. The molecule has 0 aliphatic rings. The van der Waals surface area contributed by atoms with Crippen molar-refractivity contribution in [2.45, 2.75) is 19.3 Å². The van der Waals surface area contributed by atoms with E-state index >= 15 is 0 Å². The Hall–Kier alpha value is -2.27. The second-order valence-corrected chi connectivity index (χ2v) is 8.62. The van der Waals surface area contributed by atoms with Crippen molar-refractivity contribution < 1.29 is 24.8 Å². The van der Waals surface area contributed by atoms with Gasteiger partial charge in [0.1, 0.15) is 11.9 Å². The van der Waals surface area contributed by atoms with E-state index in [0.29, 0.717) is 12.0 Å². The minimum atomic E-state index is -3.77. The molecule has 0 radical (unpaired) electrons. The number of hydrogen-bond acceptors (Lipinski definition) is 5. The van der Waals surface area contributed by atoms with Crippen molar-refractivity contribution in [3.63, 3.8) is 0 Å². The molecule has 0 saturated heterocycles. The molecule has 0 aliphatic heterocycles. The number of rotatable bonds is 9. The lowest BCUT2D eigenvalue weighted by Gasteiger charge is -2.18. The Morgan fingerprint density at radius 2 is 1.62 bits per heavy atom. The number of nitrogens with one attached hydrogen (secondary N) is 1. The summed E-state index contributed by atoms with van der Waals surface area (Å²) in [5, 5.41) is 26.7. The first-order chi connectivity index (χ1) is 12.3. The molecular formula is C19H23NO5P+. The van der Waals surface area contributed by atoms with Gasteiger partial charge in [0.15, 0.2) is 0 Å². The predicted octanol–water partition coefficient (Wildman–Crippen LogP) is 3.08. The molecule has 0 fully saturated rings. The van der Waals surface area contributed by atoms with Crippen LogP contribution < -0.4 is 0 Å². The van der Waals surface area contributed by atoms with E-state index in [2.05, 4.69) is 0 Å². The zero-order chi connectivity index (χ0) is 19.2. The highest BCUT2D eigenvalue weighted by Gasteiger charge is 2.44. The Kier molecular flexibility index (Phi) is 6.86. The molecule has 6 nitrogen and oxygen atoms in total. The molecule has 2 rings (SSSR count). The lowest BCUT2D eigenvalue weighted by molar-refractivity contribution is -0.141. The smallest absolute Gasteiger partial charge is 0.314 e. The highest BCUT2D eigenvalue weighted by Crippen LogP contribution is 2.54. The molecule has 0 heterocycles. The molecule has 1 atom stereocenters. The minimum Gasteiger partial charge on any atom is -0.508 e. The molecule has 0 spiro atoms. The minimum absolute atomic E-state index is 0.0782. The molecule has 2 aromatic rings. The number of benzene rings is 2. The molecule has 0 amide bonds. The summed E-state index contributed by atoms with van der Waals surface area (Å²) in [5.74, 6) is -2.07. The van der Waals surface area contributed by atoms with Crippen LogP contribution in [0.3, 0.4) is 0 Å². The molecule has 0 aliphatic carbocycles. The van der Waals surface area contributed by atoms with Crippen LogP contribution >= 0.6 is 7.72 Å². The first-order valence-corrected chi connectivity index (χ1v) is 10.1. The van der Waals surface area contributed by atoms with Crippen LogP contribution in [-0.2, 0) is 17.6 Å². The molecule has 2 aromatic carbocycles. The molecule has 26 heavy (non-hydrogen) atoms. The van der Waals surface area contributed by atoms with Gasteiger partial charge in [-0.1, -0.05) is 42.5 Å². The van der Waals surface area contributed by atoms with Gasteiger partial charge < -0.3 is 10.2 Å². The monoisotopic (exact) mass is 376 g/mol. The van der Waals surface area contributed by atoms with Crippen LogP contribution in [0.15, 0.2) is 54.6 Å². The number of carboxylic acid groups (broad SMARTS) is 1. The summed E-state index contributed by atoms with van der Waals surface area (Å²) in [6.45, 7) is 0. The highest BCUT2D eigenvalue weighted by molar-refractivity contribution is 7.81. The Morgan fingerprint density at radius 3 is 2.19 bits per heavy atom. The second-order valence-electron chi connectivity index (χ2n) is 6.25. The van der Waals surface area contributed by atoms with Crippen molar-refractivity contribution in [2.75, 3.05) is 6.16 Å². The third-order valence-electron chi connectivity index (χ3n) is 4.17. The van der Waals surface area contributed by atoms with Gasteiger partial charge in [0.2, 0.25) is 5.45 Å². The van der Waals surface area contributed by atoms with E-state index in [-0.39, 0.29) is 30.2 Å². The Morgan fingerprint density at radius 1 is 1.00 bits per heavy atom. The van der Waals surface area contributed by atoms with E-state index in [1.807, 2.05) is 30.3 Å². The molecule has 0 aromatic heterocycles. The lowest BCUT2D eigenvalue weighted by atomic mass is 10.0. The number of phenolic OH excluding ortho intramolecular Hbond substituents is 1. The van der Waals surface area contributed by atoms with Gasteiger partial charge >= 0.3 is 13.7 Å². The maximum absolute atomic E-state index is 11.5. The van der Waals surface area contributed by atoms with Crippen LogP contribution in [-0.4, -0.2) is 37.6 Å². The summed E-state index contributed by atoms with van der Waals surface area (Å²) in [6, 6.07) is 15.5. The number of carboxylic acids is 1. The molecule has 7 heteroatoms. The van der Waals surface area contributed by atoms with E-state index in [4.69, 9.17) is 5.41 Å². The van der Waals surface area contributed by atoms with Crippen LogP contribution in [0.4, 0.5) is 0 Å². The van der Waals surface area contributed by atoms with Crippen molar-refractivity contribution >= 4 is 19.1 Å². The van der Waals surface area contributed by atoms with Crippen molar-refractivity contribution in [3.05, 3.63) is 65.7 Å². The molecule has 5 N–H and O–H groups in total. The van der Waals surface area contributed by atoms with E-state index in [9.17, 15) is 24.8 Å². The number of hydrogen-bond donors (Lipinski definition) is 5. The van der Waals surface area contributed by atoms with Gasteiger partial charge in [-0.25, -0.2) is 9.79 Å². The number of phenols is 1. The first-order valence-electron chi connectivity index (χ1n) is 8.24. The lowest BCUT2D eigenvalue weighted by Crippen LogP contribution is -2.25. The van der Waals surface area contributed by atoms with Crippen LogP contribution in [0.1, 0.15) is 17.5 Å². The van der Waals surface area contributed by atoms with Crippen molar-refractivity contribution in [2.24, 2.45) is 5.92 Å². The fourth-order valence-corrected chi connectivity index (χ4v) is 4.24. The number of aliphatic carboxylic acids is 1. The number of carbonyl (C=O) groups is 1. The van der Waals surface area contributed by atoms with Gasteiger partial charge in [-0.05, 0) is 36.1 Å². The number of aromatic hydroxyl groups is 1. The SMILES string of the molecule is N=C(CCc1ccccc1)[P+](O)(O)CC(Cc1ccc(O)cc1)C(=O)O. The van der Waals surface area contributed by atoms with Crippen LogP contribution in [0, 0.1) is 11.3 Å². The zero-order valence-electron chi connectivity index (χ0n) is 14.2. The molecule has 1 unspecified atom stereocenters. The van der Waals surface area contributed by atoms with E-state index in [0.717, 1.165) is 5.56 Å². The van der Waals surface area contributed by atoms with Crippen LogP contribution in [0.2, 0.25) is 0 Å². The highest BCUT2D eigenvalue weighted by atomic mass is 31.2. The molecular weight excluding hydrogens is 353 g/mol. The largest absolute Gasteiger partial charge is 0.508 e. The third-order valence-corrected chi connectivity index (χ3v) is 6.21. The normalized spacial score (nSPS) is 12.5.